The summed E-state index contributed by atoms with van der Waals surface area (Å²) in [4.78, 5) is 17.0. The lowest BCUT2D eigenvalue weighted by Crippen LogP contribution is -2.30. The molecule has 2 heterocycles. The van der Waals surface area contributed by atoms with Crippen LogP contribution in [0.4, 0.5) is 5.13 Å². The topological polar surface area (TPSA) is 71.8 Å². The van der Waals surface area contributed by atoms with Crippen molar-refractivity contribution >= 4 is 32.6 Å². The minimum atomic E-state index is -0.160. The van der Waals surface area contributed by atoms with Crippen LogP contribution in [-0.4, -0.2) is 33.8 Å². The molecule has 0 bridgehead atoms. The normalized spacial score (nSPS) is 11.9. The first-order valence-electron chi connectivity index (χ1n) is 9.24. The number of fused-ring (bicyclic) bond motifs is 1. The number of aromatic nitrogens is 3. The van der Waals surface area contributed by atoms with Gasteiger partial charge in [-0.15, -0.1) is 0 Å². The van der Waals surface area contributed by atoms with Gasteiger partial charge < -0.3 is 10.6 Å². The molecule has 2 aromatic heterocycles. The van der Waals surface area contributed by atoms with Crippen LogP contribution in [-0.2, 0) is 5.54 Å². The van der Waals surface area contributed by atoms with Crippen LogP contribution in [0.3, 0.4) is 0 Å². The minimum absolute atomic E-state index is 0.147. The van der Waals surface area contributed by atoms with Gasteiger partial charge in [-0.2, -0.15) is 5.10 Å². The van der Waals surface area contributed by atoms with Crippen molar-refractivity contribution in [2.75, 3.05) is 18.4 Å². The summed E-state index contributed by atoms with van der Waals surface area (Å²) in [5, 5.41) is 11.6. The highest BCUT2D eigenvalue weighted by Gasteiger charge is 2.23. The standard InChI is InChI=1S/C20H27N5OS/c1-13(2)16-12-15(24-25(16)20(3,4)5)18(26)21-10-11-22-19-23-14-8-6-7-9-17(14)27-19/h6-9,12-13H,10-11H2,1-5H3,(H,21,26)(H,22,23). The number of hydrogen-bond acceptors (Lipinski definition) is 5. The zero-order chi connectivity index (χ0) is 19.6. The number of para-hydroxylation sites is 1. The van der Waals surface area contributed by atoms with E-state index in [0.717, 1.165) is 21.0 Å². The highest BCUT2D eigenvalue weighted by atomic mass is 32.1. The Balaban J connectivity index is 1.57. The van der Waals surface area contributed by atoms with E-state index in [-0.39, 0.29) is 11.4 Å². The van der Waals surface area contributed by atoms with Crippen molar-refractivity contribution in [2.24, 2.45) is 0 Å². The molecule has 0 radical (unpaired) electrons. The quantitative estimate of drug-likeness (QED) is 0.624. The Morgan fingerprint density at radius 1 is 1.22 bits per heavy atom. The van der Waals surface area contributed by atoms with Gasteiger partial charge >= 0.3 is 0 Å². The van der Waals surface area contributed by atoms with Crippen LogP contribution < -0.4 is 10.6 Å². The van der Waals surface area contributed by atoms with E-state index >= 15 is 0 Å². The molecular weight excluding hydrogens is 358 g/mol. The molecule has 0 saturated heterocycles. The largest absolute Gasteiger partial charge is 0.360 e. The molecule has 1 aromatic carbocycles. The van der Waals surface area contributed by atoms with Crippen molar-refractivity contribution in [3.8, 4) is 0 Å². The van der Waals surface area contributed by atoms with E-state index in [1.807, 2.05) is 28.9 Å². The fourth-order valence-electron chi connectivity index (χ4n) is 2.84. The van der Waals surface area contributed by atoms with Gasteiger partial charge in [0.2, 0.25) is 0 Å². The van der Waals surface area contributed by atoms with Crippen molar-refractivity contribution in [1.82, 2.24) is 20.1 Å². The zero-order valence-electron chi connectivity index (χ0n) is 16.5. The van der Waals surface area contributed by atoms with Gasteiger partial charge in [0.05, 0.1) is 15.8 Å². The van der Waals surface area contributed by atoms with E-state index in [1.165, 1.54) is 0 Å². The fourth-order valence-corrected chi connectivity index (χ4v) is 3.73. The number of benzene rings is 1. The molecule has 0 spiro atoms. The maximum atomic E-state index is 12.5. The second kappa shape index (κ2) is 7.68. The Kier molecular flexibility index (Phi) is 5.51. The van der Waals surface area contributed by atoms with Crippen LogP contribution in [0.15, 0.2) is 30.3 Å². The summed E-state index contributed by atoms with van der Waals surface area (Å²) in [5.74, 6) is 0.157. The van der Waals surface area contributed by atoms with Crippen LogP contribution in [0.2, 0.25) is 0 Å². The summed E-state index contributed by atoms with van der Waals surface area (Å²) in [7, 11) is 0. The summed E-state index contributed by atoms with van der Waals surface area (Å²) in [5.41, 5.74) is 2.36. The lowest BCUT2D eigenvalue weighted by Gasteiger charge is -2.23. The average molecular weight is 386 g/mol. The first-order valence-corrected chi connectivity index (χ1v) is 10.1. The molecule has 0 saturated carbocycles. The molecule has 0 aliphatic rings. The maximum absolute atomic E-state index is 12.5. The predicted molar refractivity (Wildman–Crippen MR) is 112 cm³/mol. The SMILES string of the molecule is CC(C)c1cc(C(=O)NCCNc2nc3ccccc3s2)nn1C(C)(C)C. The lowest BCUT2D eigenvalue weighted by molar-refractivity contribution is 0.0948. The highest BCUT2D eigenvalue weighted by Crippen LogP contribution is 2.25. The van der Waals surface area contributed by atoms with E-state index in [2.05, 4.69) is 61.4 Å². The third-order valence-corrected chi connectivity index (χ3v) is 5.17. The Bertz CT molecular complexity index is 902. The third-order valence-electron chi connectivity index (χ3n) is 4.18. The summed E-state index contributed by atoms with van der Waals surface area (Å²) in [6.07, 6.45) is 0. The first kappa shape index (κ1) is 19.4. The summed E-state index contributed by atoms with van der Waals surface area (Å²) in [6, 6.07) is 9.93. The van der Waals surface area contributed by atoms with Crippen LogP contribution >= 0.6 is 11.3 Å². The number of carbonyl (C=O) groups is 1. The molecule has 1 amide bonds. The van der Waals surface area contributed by atoms with Crippen LogP contribution in [0.5, 0.6) is 0 Å². The van der Waals surface area contributed by atoms with Crippen molar-refractivity contribution in [1.29, 1.82) is 0 Å². The molecule has 144 valence electrons. The van der Waals surface area contributed by atoms with Crippen molar-refractivity contribution in [2.45, 2.75) is 46.1 Å². The third kappa shape index (κ3) is 4.47. The van der Waals surface area contributed by atoms with Crippen LogP contribution in [0.1, 0.15) is 56.7 Å². The van der Waals surface area contributed by atoms with E-state index in [4.69, 9.17) is 0 Å². The molecule has 0 fully saturated rings. The molecule has 0 aliphatic heterocycles. The number of nitrogens with one attached hydrogen (secondary N) is 2. The predicted octanol–water partition coefficient (Wildman–Crippen LogP) is 4.21. The second-order valence-corrected chi connectivity index (χ2v) is 8.89. The highest BCUT2D eigenvalue weighted by molar-refractivity contribution is 7.22. The van der Waals surface area contributed by atoms with Gasteiger partial charge in [0.15, 0.2) is 5.13 Å². The van der Waals surface area contributed by atoms with Crippen molar-refractivity contribution in [3.63, 3.8) is 0 Å². The van der Waals surface area contributed by atoms with Gasteiger partial charge in [0.1, 0.15) is 5.69 Å². The second-order valence-electron chi connectivity index (χ2n) is 7.86. The van der Waals surface area contributed by atoms with Gasteiger partial charge in [-0.25, -0.2) is 4.98 Å². The Labute approximate surface area is 164 Å². The number of thiazole rings is 1. The number of rotatable bonds is 6. The molecular formula is C20H27N5OS. The molecule has 0 aliphatic carbocycles. The number of nitrogens with zero attached hydrogens (tertiary/aromatic N) is 3. The molecule has 27 heavy (non-hydrogen) atoms. The van der Waals surface area contributed by atoms with Crippen LogP contribution in [0.25, 0.3) is 10.2 Å². The number of anilines is 1. The van der Waals surface area contributed by atoms with Gasteiger partial charge in [0.25, 0.3) is 5.91 Å². The number of amides is 1. The van der Waals surface area contributed by atoms with Gasteiger partial charge in [-0.1, -0.05) is 37.3 Å². The molecule has 0 unspecified atom stereocenters. The van der Waals surface area contributed by atoms with E-state index in [0.29, 0.717) is 24.7 Å². The zero-order valence-corrected chi connectivity index (χ0v) is 17.4. The van der Waals surface area contributed by atoms with Crippen molar-refractivity contribution in [3.05, 3.63) is 41.7 Å². The summed E-state index contributed by atoms with van der Waals surface area (Å²) >= 11 is 1.61. The molecule has 0 atom stereocenters. The average Bonchev–Trinajstić information content (AvgIpc) is 3.22. The number of hydrogen-bond donors (Lipinski definition) is 2. The summed E-state index contributed by atoms with van der Waals surface area (Å²) in [6.45, 7) is 11.6. The molecule has 3 rings (SSSR count). The fraction of sp³-hybridized carbons (Fsp3) is 0.450. The Morgan fingerprint density at radius 2 is 1.96 bits per heavy atom. The Hall–Kier alpha value is -2.41. The summed E-state index contributed by atoms with van der Waals surface area (Å²) < 4.78 is 3.10. The van der Waals surface area contributed by atoms with Crippen molar-refractivity contribution < 1.29 is 4.79 Å². The minimum Gasteiger partial charge on any atom is -0.360 e. The molecule has 3 aromatic rings. The molecule has 2 N–H and O–H groups in total. The monoisotopic (exact) mass is 385 g/mol. The Morgan fingerprint density at radius 3 is 2.59 bits per heavy atom. The van der Waals surface area contributed by atoms with Crippen LogP contribution in [0, 0.1) is 0 Å². The smallest absolute Gasteiger partial charge is 0.271 e. The van der Waals surface area contributed by atoms with E-state index < -0.39 is 0 Å². The first-order chi connectivity index (χ1) is 12.8. The van der Waals surface area contributed by atoms with Gasteiger partial charge in [0, 0.05) is 18.8 Å². The molecule has 7 heteroatoms. The molecule has 6 nitrogen and oxygen atoms in total. The van der Waals surface area contributed by atoms with Gasteiger partial charge in [-0.05, 0) is 44.9 Å². The van der Waals surface area contributed by atoms with Gasteiger partial charge in [-0.3, -0.25) is 9.48 Å². The lowest BCUT2D eigenvalue weighted by atomic mass is 10.1. The van der Waals surface area contributed by atoms with E-state index in [9.17, 15) is 4.79 Å². The number of carbonyl (C=O) groups excluding carboxylic acids is 1. The van der Waals surface area contributed by atoms with E-state index in [1.54, 1.807) is 11.3 Å². The maximum Gasteiger partial charge on any atom is 0.271 e.